The van der Waals surface area contributed by atoms with Gasteiger partial charge in [0.1, 0.15) is 11.5 Å². The van der Waals surface area contributed by atoms with Gasteiger partial charge in [-0.05, 0) is 24.6 Å². The Morgan fingerprint density at radius 3 is 2.53 bits per heavy atom. The summed E-state index contributed by atoms with van der Waals surface area (Å²) in [6, 6.07) is 4.05. The van der Waals surface area contributed by atoms with Gasteiger partial charge in [-0.2, -0.15) is 0 Å². The molecule has 0 radical (unpaired) electrons. The summed E-state index contributed by atoms with van der Waals surface area (Å²) in [6.45, 7) is 1.73. The maximum Gasteiger partial charge on any atom is 0.354 e. The Labute approximate surface area is 110 Å². The van der Waals surface area contributed by atoms with Gasteiger partial charge in [-0.15, -0.1) is 0 Å². The molecule has 0 saturated carbocycles. The normalized spacial score (nSPS) is 10.8. The highest BCUT2D eigenvalue weighted by Gasteiger charge is 2.14. The second-order valence-corrected chi connectivity index (χ2v) is 3.66. The molecule has 1 rings (SSSR count). The SMILES string of the molecule is COC(=O)/C=C(/Nc1cc(F)ccc1C)C(=O)OC. The van der Waals surface area contributed by atoms with Crippen LogP contribution >= 0.6 is 0 Å². The van der Waals surface area contributed by atoms with Gasteiger partial charge < -0.3 is 14.8 Å². The van der Waals surface area contributed by atoms with Crippen LogP contribution in [0.15, 0.2) is 30.0 Å². The zero-order valence-corrected chi connectivity index (χ0v) is 10.8. The lowest BCUT2D eigenvalue weighted by Crippen LogP contribution is -2.16. The first-order valence-electron chi connectivity index (χ1n) is 5.39. The van der Waals surface area contributed by atoms with E-state index < -0.39 is 17.8 Å². The Morgan fingerprint density at radius 2 is 1.95 bits per heavy atom. The fourth-order valence-electron chi connectivity index (χ4n) is 1.31. The highest BCUT2D eigenvalue weighted by molar-refractivity contribution is 5.98. The lowest BCUT2D eigenvalue weighted by molar-refractivity contribution is -0.138. The lowest BCUT2D eigenvalue weighted by atomic mass is 10.2. The largest absolute Gasteiger partial charge is 0.466 e. The van der Waals surface area contributed by atoms with Crippen molar-refractivity contribution in [2.24, 2.45) is 0 Å². The summed E-state index contributed by atoms with van der Waals surface area (Å²) in [5, 5.41) is 2.65. The topological polar surface area (TPSA) is 64.6 Å². The molecule has 19 heavy (non-hydrogen) atoms. The van der Waals surface area contributed by atoms with Gasteiger partial charge in [0.25, 0.3) is 0 Å². The van der Waals surface area contributed by atoms with Crippen molar-refractivity contribution in [1.82, 2.24) is 0 Å². The molecule has 0 aliphatic carbocycles. The first-order valence-corrected chi connectivity index (χ1v) is 5.39. The van der Waals surface area contributed by atoms with Crippen molar-refractivity contribution in [2.75, 3.05) is 19.5 Å². The molecule has 0 fully saturated rings. The molecular weight excluding hydrogens is 253 g/mol. The third-order valence-corrected chi connectivity index (χ3v) is 2.34. The van der Waals surface area contributed by atoms with Gasteiger partial charge >= 0.3 is 11.9 Å². The molecule has 102 valence electrons. The number of methoxy groups -OCH3 is 2. The maximum absolute atomic E-state index is 13.1. The summed E-state index contributed by atoms with van der Waals surface area (Å²) in [7, 11) is 2.36. The van der Waals surface area contributed by atoms with Crippen LogP contribution in [-0.4, -0.2) is 26.2 Å². The van der Waals surface area contributed by atoms with Gasteiger partial charge in [-0.3, -0.25) is 0 Å². The number of halogens is 1. The molecule has 0 aliphatic rings. The van der Waals surface area contributed by atoms with Crippen LogP contribution in [0.3, 0.4) is 0 Å². The first-order chi connectivity index (χ1) is 8.97. The molecule has 0 heterocycles. The van der Waals surface area contributed by atoms with Gasteiger partial charge in [0.2, 0.25) is 0 Å². The Kier molecular flexibility index (Phi) is 5.05. The molecule has 0 saturated heterocycles. The van der Waals surface area contributed by atoms with Crippen LogP contribution in [0.1, 0.15) is 5.56 Å². The minimum Gasteiger partial charge on any atom is -0.466 e. The van der Waals surface area contributed by atoms with Gasteiger partial charge in [0, 0.05) is 5.69 Å². The van der Waals surface area contributed by atoms with Crippen molar-refractivity contribution < 1.29 is 23.5 Å². The molecule has 0 atom stereocenters. The van der Waals surface area contributed by atoms with Crippen LogP contribution in [0, 0.1) is 12.7 Å². The average molecular weight is 267 g/mol. The van der Waals surface area contributed by atoms with E-state index in [0.29, 0.717) is 11.3 Å². The Balaban J connectivity index is 3.07. The van der Waals surface area contributed by atoms with Crippen molar-refractivity contribution in [1.29, 1.82) is 0 Å². The number of anilines is 1. The molecule has 1 aromatic carbocycles. The Bertz CT molecular complexity index is 525. The van der Waals surface area contributed by atoms with Crippen LogP contribution in [0.4, 0.5) is 10.1 Å². The summed E-state index contributed by atoms with van der Waals surface area (Å²) >= 11 is 0. The van der Waals surface area contributed by atoms with Gasteiger partial charge in [0.15, 0.2) is 0 Å². The predicted molar refractivity (Wildman–Crippen MR) is 66.9 cm³/mol. The zero-order valence-electron chi connectivity index (χ0n) is 10.8. The maximum atomic E-state index is 13.1. The summed E-state index contributed by atoms with van der Waals surface area (Å²) < 4.78 is 22.1. The van der Waals surface area contributed by atoms with E-state index in [0.717, 1.165) is 6.08 Å². The van der Waals surface area contributed by atoms with Crippen LogP contribution in [0.25, 0.3) is 0 Å². The van der Waals surface area contributed by atoms with Gasteiger partial charge in [0.05, 0.1) is 20.3 Å². The van der Waals surface area contributed by atoms with Crippen molar-refractivity contribution >= 4 is 17.6 Å². The summed E-state index contributed by atoms with van der Waals surface area (Å²) in [5.41, 5.74) is 0.935. The number of esters is 2. The molecule has 1 aromatic rings. The number of hydrogen-bond donors (Lipinski definition) is 1. The smallest absolute Gasteiger partial charge is 0.354 e. The van der Waals surface area contributed by atoms with Gasteiger partial charge in [-0.25, -0.2) is 14.0 Å². The van der Waals surface area contributed by atoms with E-state index in [4.69, 9.17) is 0 Å². The van der Waals surface area contributed by atoms with Gasteiger partial charge in [-0.1, -0.05) is 6.07 Å². The Hall–Kier alpha value is -2.37. The quantitative estimate of drug-likeness (QED) is 0.665. The summed E-state index contributed by atoms with van der Waals surface area (Å²) in [4.78, 5) is 22.7. The third kappa shape index (κ3) is 4.09. The molecule has 0 bridgehead atoms. The predicted octanol–water partition coefficient (Wildman–Crippen LogP) is 1.78. The van der Waals surface area contributed by atoms with Crippen molar-refractivity contribution in [3.05, 3.63) is 41.4 Å². The van der Waals surface area contributed by atoms with Crippen molar-refractivity contribution in [3.8, 4) is 0 Å². The monoisotopic (exact) mass is 267 g/mol. The van der Waals surface area contributed by atoms with Crippen LogP contribution in [-0.2, 0) is 19.1 Å². The number of benzene rings is 1. The van der Waals surface area contributed by atoms with E-state index in [1.807, 2.05) is 0 Å². The molecular formula is C13H14FNO4. The minimum atomic E-state index is -0.755. The zero-order chi connectivity index (χ0) is 14.4. The fraction of sp³-hybridized carbons (Fsp3) is 0.231. The molecule has 6 heteroatoms. The number of ether oxygens (including phenoxy) is 2. The number of aryl methyl sites for hydroxylation is 1. The molecule has 1 N–H and O–H groups in total. The van der Waals surface area contributed by atoms with E-state index in [1.54, 1.807) is 13.0 Å². The van der Waals surface area contributed by atoms with Crippen molar-refractivity contribution in [2.45, 2.75) is 6.92 Å². The number of carbonyl (C=O) groups excluding carboxylic acids is 2. The highest BCUT2D eigenvalue weighted by Crippen LogP contribution is 2.18. The molecule has 0 spiro atoms. The van der Waals surface area contributed by atoms with E-state index in [-0.39, 0.29) is 5.70 Å². The second-order valence-electron chi connectivity index (χ2n) is 3.66. The van der Waals surface area contributed by atoms with Crippen LogP contribution in [0.2, 0.25) is 0 Å². The number of hydrogen-bond acceptors (Lipinski definition) is 5. The molecule has 5 nitrogen and oxygen atoms in total. The molecule has 0 aliphatic heterocycles. The van der Waals surface area contributed by atoms with E-state index in [2.05, 4.69) is 14.8 Å². The first kappa shape index (κ1) is 14.7. The third-order valence-electron chi connectivity index (χ3n) is 2.34. The number of nitrogens with one attached hydrogen (secondary N) is 1. The highest BCUT2D eigenvalue weighted by atomic mass is 19.1. The number of carbonyl (C=O) groups is 2. The lowest BCUT2D eigenvalue weighted by Gasteiger charge is -2.11. The standard InChI is InChI=1S/C13H14FNO4/c1-8-4-5-9(14)6-10(8)15-11(13(17)19-3)7-12(16)18-2/h4-7,15H,1-3H3/b11-7+. The fourth-order valence-corrected chi connectivity index (χ4v) is 1.31. The summed E-state index contributed by atoms with van der Waals surface area (Å²) in [6.07, 6.45) is 0.941. The molecule has 0 unspecified atom stereocenters. The second kappa shape index (κ2) is 6.53. The number of rotatable bonds is 4. The van der Waals surface area contributed by atoms with E-state index in [1.165, 1.54) is 26.4 Å². The van der Waals surface area contributed by atoms with Crippen LogP contribution < -0.4 is 5.32 Å². The molecule has 0 amide bonds. The molecule has 0 aromatic heterocycles. The van der Waals surface area contributed by atoms with Crippen LogP contribution in [0.5, 0.6) is 0 Å². The van der Waals surface area contributed by atoms with E-state index in [9.17, 15) is 14.0 Å². The van der Waals surface area contributed by atoms with E-state index >= 15 is 0 Å². The minimum absolute atomic E-state index is 0.136. The van der Waals surface area contributed by atoms with Crippen molar-refractivity contribution in [3.63, 3.8) is 0 Å². The Morgan fingerprint density at radius 1 is 1.26 bits per heavy atom. The average Bonchev–Trinajstić information content (AvgIpc) is 2.40. The summed E-state index contributed by atoms with van der Waals surface area (Å²) in [5.74, 6) is -1.94.